The highest BCUT2D eigenvalue weighted by molar-refractivity contribution is 5.50. The minimum absolute atomic E-state index is 0.0320. The first-order valence-electron chi connectivity index (χ1n) is 4.12. The molecule has 0 aliphatic heterocycles. The van der Waals surface area contributed by atoms with Crippen molar-refractivity contribution in [2.75, 3.05) is 0 Å². The van der Waals surface area contributed by atoms with Gasteiger partial charge in [0.2, 0.25) is 5.82 Å². The van der Waals surface area contributed by atoms with E-state index in [1.807, 2.05) is 0 Å². The Bertz CT molecular complexity index is 407. The number of nitrogens with zero attached hydrogens (tertiary/aromatic N) is 1. The Kier molecular flexibility index (Phi) is 3.43. The van der Waals surface area contributed by atoms with E-state index in [9.17, 15) is 23.7 Å². The molecule has 80 valence electrons. The van der Waals surface area contributed by atoms with Crippen LogP contribution >= 0.6 is 0 Å². The Balaban J connectivity index is 3.07. The van der Waals surface area contributed by atoms with Gasteiger partial charge in [-0.15, -0.1) is 0 Å². The van der Waals surface area contributed by atoms with Crippen LogP contribution in [0.1, 0.15) is 12.0 Å². The van der Waals surface area contributed by atoms with Crippen molar-refractivity contribution in [2.24, 2.45) is 0 Å². The molecule has 0 bridgehead atoms. The van der Waals surface area contributed by atoms with Gasteiger partial charge in [-0.1, -0.05) is 0 Å². The van der Waals surface area contributed by atoms with Crippen molar-refractivity contribution in [1.82, 2.24) is 0 Å². The van der Waals surface area contributed by atoms with Crippen molar-refractivity contribution in [2.45, 2.75) is 12.8 Å². The molecule has 0 fully saturated rings. The molecule has 0 saturated carbocycles. The second-order valence-corrected chi connectivity index (χ2v) is 2.86. The highest BCUT2D eigenvalue weighted by Crippen LogP contribution is 2.21. The predicted octanol–water partition coefficient (Wildman–Crippen LogP) is 2.00. The van der Waals surface area contributed by atoms with Gasteiger partial charge in [0.05, 0.1) is 11.0 Å². The lowest BCUT2D eigenvalue weighted by molar-refractivity contribution is -0.387. The minimum atomic E-state index is -1.10. The molecule has 1 aromatic carbocycles. The summed E-state index contributed by atoms with van der Waals surface area (Å²) in [6.45, 7) is 0. The quantitative estimate of drug-likeness (QED) is 0.438. The summed E-state index contributed by atoms with van der Waals surface area (Å²) >= 11 is 0. The molecule has 4 nitrogen and oxygen atoms in total. The molecular formula is C9H7F2NO3. The molecule has 6 heteroatoms. The van der Waals surface area contributed by atoms with Crippen LogP contribution in [0.15, 0.2) is 12.1 Å². The fraction of sp³-hybridized carbons (Fsp3) is 0.222. The largest absolute Gasteiger partial charge is 0.307 e. The van der Waals surface area contributed by atoms with Crippen LogP contribution in [-0.4, -0.2) is 11.2 Å². The van der Waals surface area contributed by atoms with E-state index in [1.54, 1.807) is 0 Å². The third-order valence-electron chi connectivity index (χ3n) is 1.84. The molecule has 1 aromatic rings. The van der Waals surface area contributed by atoms with E-state index >= 15 is 0 Å². The van der Waals surface area contributed by atoms with Crippen molar-refractivity contribution in [3.8, 4) is 0 Å². The molecule has 0 spiro atoms. The van der Waals surface area contributed by atoms with Crippen LogP contribution in [0, 0.1) is 21.7 Å². The number of nitro benzene ring substituents is 1. The van der Waals surface area contributed by atoms with E-state index in [1.165, 1.54) is 0 Å². The standard InChI is InChI=1S/C9H7F2NO3/c10-7-5-9(12(14)15)8(11)4-6(7)2-1-3-13/h3-5H,1-2H2. The van der Waals surface area contributed by atoms with Crippen molar-refractivity contribution in [3.63, 3.8) is 0 Å². The lowest BCUT2D eigenvalue weighted by Gasteiger charge is -2.01. The number of carbonyl (C=O) groups is 1. The van der Waals surface area contributed by atoms with Gasteiger partial charge in [0, 0.05) is 6.42 Å². The maximum Gasteiger partial charge on any atom is 0.307 e. The number of aryl methyl sites for hydroxylation is 1. The van der Waals surface area contributed by atoms with Gasteiger partial charge in [-0.3, -0.25) is 10.1 Å². The summed E-state index contributed by atoms with van der Waals surface area (Å²) in [5.41, 5.74) is -0.937. The molecule has 0 saturated heterocycles. The molecule has 0 radical (unpaired) electrons. The molecule has 0 N–H and O–H groups in total. The molecule has 0 atom stereocenters. The summed E-state index contributed by atoms with van der Waals surface area (Å²) < 4.78 is 26.1. The van der Waals surface area contributed by atoms with Crippen LogP contribution < -0.4 is 0 Å². The Morgan fingerprint density at radius 2 is 2.00 bits per heavy atom. The van der Waals surface area contributed by atoms with Crippen molar-refractivity contribution >= 4 is 12.0 Å². The summed E-state index contributed by atoms with van der Waals surface area (Å²) in [6, 6.07) is 1.27. The second kappa shape index (κ2) is 4.59. The lowest BCUT2D eigenvalue weighted by Crippen LogP contribution is -1.98. The van der Waals surface area contributed by atoms with Crippen LogP contribution in [0.4, 0.5) is 14.5 Å². The first-order chi connectivity index (χ1) is 7.06. The fourth-order valence-corrected chi connectivity index (χ4v) is 1.12. The average molecular weight is 215 g/mol. The van der Waals surface area contributed by atoms with Gasteiger partial charge in [-0.05, 0) is 18.1 Å². The number of carbonyl (C=O) groups excluding carboxylic acids is 1. The zero-order valence-corrected chi connectivity index (χ0v) is 7.57. The first kappa shape index (κ1) is 11.2. The second-order valence-electron chi connectivity index (χ2n) is 2.86. The van der Waals surface area contributed by atoms with Crippen molar-refractivity contribution in [1.29, 1.82) is 0 Å². The number of aldehydes is 1. The maximum atomic E-state index is 13.1. The van der Waals surface area contributed by atoms with Crippen molar-refractivity contribution < 1.29 is 18.5 Å². The van der Waals surface area contributed by atoms with Gasteiger partial charge in [0.25, 0.3) is 0 Å². The molecule has 0 aliphatic carbocycles. The van der Waals surface area contributed by atoms with E-state index in [0.29, 0.717) is 12.4 Å². The van der Waals surface area contributed by atoms with E-state index in [4.69, 9.17) is 0 Å². The molecule has 0 aromatic heterocycles. The fourth-order valence-electron chi connectivity index (χ4n) is 1.12. The summed E-state index contributed by atoms with van der Waals surface area (Å²) in [7, 11) is 0. The molecule has 15 heavy (non-hydrogen) atoms. The van der Waals surface area contributed by atoms with Gasteiger partial charge in [-0.2, -0.15) is 4.39 Å². The van der Waals surface area contributed by atoms with Crippen LogP contribution in [-0.2, 0) is 11.2 Å². The van der Waals surface area contributed by atoms with E-state index in [-0.39, 0.29) is 18.4 Å². The lowest BCUT2D eigenvalue weighted by atomic mass is 10.1. The van der Waals surface area contributed by atoms with Crippen LogP contribution in [0.25, 0.3) is 0 Å². The maximum absolute atomic E-state index is 13.1. The number of nitro groups is 1. The average Bonchev–Trinajstić information content (AvgIpc) is 2.18. The Labute approximate surface area is 83.7 Å². The van der Waals surface area contributed by atoms with Crippen LogP contribution in [0.2, 0.25) is 0 Å². The van der Waals surface area contributed by atoms with Gasteiger partial charge in [0.15, 0.2) is 0 Å². The van der Waals surface area contributed by atoms with E-state index in [2.05, 4.69) is 0 Å². The van der Waals surface area contributed by atoms with Crippen molar-refractivity contribution in [3.05, 3.63) is 39.4 Å². The van der Waals surface area contributed by atoms with Crippen LogP contribution in [0.3, 0.4) is 0 Å². The smallest absolute Gasteiger partial charge is 0.303 e. The van der Waals surface area contributed by atoms with Gasteiger partial charge < -0.3 is 4.79 Å². The minimum Gasteiger partial charge on any atom is -0.303 e. The topological polar surface area (TPSA) is 60.2 Å². The number of hydrogen-bond donors (Lipinski definition) is 0. The SMILES string of the molecule is O=CCCc1cc(F)c([N+](=O)[O-])cc1F. The van der Waals surface area contributed by atoms with Gasteiger partial charge >= 0.3 is 5.69 Å². The number of benzene rings is 1. The predicted molar refractivity (Wildman–Crippen MR) is 47.4 cm³/mol. The third kappa shape index (κ3) is 2.55. The Morgan fingerprint density at radius 1 is 1.33 bits per heavy atom. The summed E-state index contributed by atoms with van der Waals surface area (Å²) in [4.78, 5) is 19.3. The summed E-state index contributed by atoms with van der Waals surface area (Å²) in [5, 5.41) is 10.2. The molecule has 0 amide bonds. The zero-order chi connectivity index (χ0) is 11.4. The monoisotopic (exact) mass is 215 g/mol. The van der Waals surface area contributed by atoms with Crippen LogP contribution in [0.5, 0.6) is 0 Å². The highest BCUT2D eigenvalue weighted by atomic mass is 19.1. The number of rotatable bonds is 4. The number of hydrogen-bond acceptors (Lipinski definition) is 3. The van der Waals surface area contributed by atoms with Gasteiger partial charge in [0.1, 0.15) is 12.1 Å². The highest BCUT2D eigenvalue weighted by Gasteiger charge is 2.17. The summed E-state index contributed by atoms with van der Waals surface area (Å²) in [6.07, 6.45) is 0.650. The molecule has 0 aliphatic rings. The molecule has 0 unspecified atom stereocenters. The Hall–Kier alpha value is -1.85. The molecule has 1 rings (SSSR count). The molecule has 0 heterocycles. The normalized spacial score (nSPS) is 10.0. The third-order valence-corrected chi connectivity index (χ3v) is 1.84. The Morgan fingerprint density at radius 3 is 2.53 bits per heavy atom. The summed E-state index contributed by atoms with van der Waals surface area (Å²) in [5.74, 6) is -1.97. The first-order valence-corrected chi connectivity index (χ1v) is 4.12. The zero-order valence-electron chi connectivity index (χ0n) is 7.57. The van der Waals surface area contributed by atoms with Gasteiger partial charge in [-0.25, -0.2) is 4.39 Å². The number of halogens is 2. The van der Waals surface area contributed by atoms with E-state index in [0.717, 1.165) is 6.07 Å². The van der Waals surface area contributed by atoms with E-state index < -0.39 is 22.2 Å². The molecular weight excluding hydrogens is 208 g/mol.